The second-order valence-electron chi connectivity index (χ2n) is 9.24. The van der Waals surface area contributed by atoms with Gasteiger partial charge in [0.1, 0.15) is 11.4 Å². The number of likely N-dealkylation sites (tertiary alicyclic amines) is 1. The Morgan fingerprint density at radius 3 is 2.34 bits per heavy atom. The average molecular weight is 439 g/mol. The lowest BCUT2D eigenvalue weighted by Gasteiger charge is -2.33. The number of nitrogens with zero attached hydrogens (tertiary/aromatic N) is 1. The van der Waals surface area contributed by atoms with Gasteiger partial charge < -0.3 is 19.7 Å². The third kappa shape index (κ3) is 7.59. The second-order valence-corrected chi connectivity index (χ2v) is 9.24. The lowest BCUT2D eigenvalue weighted by atomic mass is 9.93. The summed E-state index contributed by atoms with van der Waals surface area (Å²) in [5.41, 5.74) is 1.41. The van der Waals surface area contributed by atoms with Crippen LogP contribution < -0.4 is 10.1 Å². The molecule has 1 fully saturated rings. The van der Waals surface area contributed by atoms with Crippen molar-refractivity contribution in [1.82, 2.24) is 4.90 Å². The highest BCUT2D eigenvalue weighted by molar-refractivity contribution is 5.92. The number of nitrogens with one attached hydrogen (secondary N) is 1. The van der Waals surface area contributed by atoms with Crippen LogP contribution in [0.3, 0.4) is 0 Å². The average Bonchev–Trinajstić information content (AvgIpc) is 2.75. The normalized spacial score (nSPS) is 14.7. The molecule has 0 aliphatic carbocycles. The van der Waals surface area contributed by atoms with Crippen LogP contribution >= 0.6 is 0 Å². The molecule has 1 heterocycles. The van der Waals surface area contributed by atoms with Gasteiger partial charge in [0.15, 0.2) is 0 Å². The molecule has 0 radical (unpaired) electrons. The van der Waals surface area contributed by atoms with Crippen molar-refractivity contribution in [2.45, 2.75) is 52.1 Å². The van der Waals surface area contributed by atoms with Crippen LogP contribution in [0.2, 0.25) is 0 Å². The van der Waals surface area contributed by atoms with E-state index < -0.39 is 5.60 Å². The van der Waals surface area contributed by atoms with Crippen molar-refractivity contribution in [1.29, 1.82) is 0 Å². The summed E-state index contributed by atoms with van der Waals surface area (Å²) in [5.74, 6) is 0.899. The van der Waals surface area contributed by atoms with Crippen LogP contribution in [0.5, 0.6) is 5.75 Å². The first-order valence-corrected chi connectivity index (χ1v) is 11.3. The molecule has 1 aliphatic rings. The summed E-state index contributed by atoms with van der Waals surface area (Å²) in [6.07, 6.45) is 2.55. The Morgan fingerprint density at radius 1 is 1.00 bits per heavy atom. The quantitative estimate of drug-likeness (QED) is 0.638. The van der Waals surface area contributed by atoms with Crippen molar-refractivity contribution in [3.8, 4) is 5.75 Å². The van der Waals surface area contributed by atoms with E-state index in [2.05, 4.69) is 17.4 Å². The van der Waals surface area contributed by atoms with Gasteiger partial charge in [-0.15, -0.1) is 0 Å². The number of benzene rings is 2. The molecule has 0 spiro atoms. The van der Waals surface area contributed by atoms with Crippen molar-refractivity contribution in [2.24, 2.45) is 5.92 Å². The van der Waals surface area contributed by atoms with Crippen molar-refractivity contribution < 1.29 is 19.1 Å². The summed E-state index contributed by atoms with van der Waals surface area (Å²) in [4.78, 5) is 26.6. The predicted molar refractivity (Wildman–Crippen MR) is 126 cm³/mol. The summed E-state index contributed by atoms with van der Waals surface area (Å²) < 4.78 is 11.4. The van der Waals surface area contributed by atoms with Gasteiger partial charge >= 0.3 is 6.09 Å². The third-order valence-corrected chi connectivity index (χ3v) is 5.39. The van der Waals surface area contributed by atoms with Crippen molar-refractivity contribution in [2.75, 3.05) is 25.0 Å². The maximum Gasteiger partial charge on any atom is 0.410 e. The summed E-state index contributed by atoms with van der Waals surface area (Å²) in [6, 6.07) is 17.7. The van der Waals surface area contributed by atoms with E-state index in [1.807, 2.05) is 63.2 Å². The van der Waals surface area contributed by atoms with Gasteiger partial charge in [-0.05, 0) is 57.2 Å². The number of anilines is 1. The van der Waals surface area contributed by atoms with Crippen molar-refractivity contribution >= 4 is 17.7 Å². The minimum Gasteiger partial charge on any atom is -0.491 e. The van der Waals surface area contributed by atoms with Crippen LogP contribution in [0.15, 0.2) is 54.6 Å². The molecule has 3 rings (SSSR count). The van der Waals surface area contributed by atoms with Gasteiger partial charge in [0, 0.05) is 25.9 Å². The Bertz CT molecular complexity index is 884. The lowest BCUT2D eigenvalue weighted by molar-refractivity contribution is -0.117. The fourth-order valence-corrected chi connectivity index (χ4v) is 3.73. The Kier molecular flexibility index (Phi) is 8.14. The number of piperidine rings is 1. The molecule has 2 amide bonds. The minimum atomic E-state index is -0.496. The largest absolute Gasteiger partial charge is 0.491 e. The number of carbonyl (C=O) groups excluding carboxylic acids is 2. The number of hydrogen-bond donors (Lipinski definition) is 1. The number of hydrogen-bond acceptors (Lipinski definition) is 4. The van der Waals surface area contributed by atoms with E-state index in [1.165, 1.54) is 5.56 Å². The monoisotopic (exact) mass is 438 g/mol. The first-order chi connectivity index (χ1) is 15.3. The zero-order valence-corrected chi connectivity index (χ0v) is 19.3. The molecule has 6 heteroatoms. The number of amides is 2. The van der Waals surface area contributed by atoms with Crippen LogP contribution in [0.25, 0.3) is 0 Å². The molecule has 0 aromatic heterocycles. The van der Waals surface area contributed by atoms with Gasteiger partial charge in [-0.25, -0.2) is 4.79 Å². The van der Waals surface area contributed by atoms with E-state index >= 15 is 0 Å². The fraction of sp³-hybridized carbons (Fsp3) is 0.462. The molecular weight excluding hydrogens is 404 g/mol. The summed E-state index contributed by atoms with van der Waals surface area (Å²) in [7, 11) is 0. The third-order valence-electron chi connectivity index (χ3n) is 5.39. The van der Waals surface area contributed by atoms with Gasteiger partial charge in [-0.3, -0.25) is 4.79 Å². The van der Waals surface area contributed by atoms with Crippen LogP contribution in [-0.2, 0) is 16.0 Å². The summed E-state index contributed by atoms with van der Waals surface area (Å²) in [5, 5.41) is 3.00. The SMILES string of the molecule is CC(C)(C)OC(=O)N1CCC(CC(=O)Nc2ccccc2OCCc2ccccc2)CC1. The van der Waals surface area contributed by atoms with Crippen molar-refractivity contribution in [3.63, 3.8) is 0 Å². The zero-order valence-electron chi connectivity index (χ0n) is 19.3. The number of ether oxygens (including phenoxy) is 2. The highest BCUT2D eigenvalue weighted by Crippen LogP contribution is 2.26. The topological polar surface area (TPSA) is 67.9 Å². The molecule has 0 unspecified atom stereocenters. The first kappa shape index (κ1) is 23.6. The van der Waals surface area contributed by atoms with E-state index in [4.69, 9.17) is 9.47 Å². The number of carbonyl (C=O) groups is 2. The summed E-state index contributed by atoms with van der Waals surface area (Å²) in [6.45, 7) is 7.37. The molecule has 0 bridgehead atoms. The van der Waals surface area contributed by atoms with E-state index in [9.17, 15) is 9.59 Å². The van der Waals surface area contributed by atoms with Gasteiger partial charge in [-0.2, -0.15) is 0 Å². The molecule has 2 aromatic rings. The predicted octanol–water partition coefficient (Wildman–Crippen LogP) is 5.28. The Hall–Kier alpha value is -3.02. The fourth-order valence-electron chi connectivity index (χ4n) is 3.73. The maximum absolute atomic E-state index is 12.7. The molecule has 1 saturated heterocycles. The minimum absolute atomic E-state index is 0.0279. The Labute approximate surface area is 190 Å². The van der Waals surface area contributed by atoms with E-state index in [0.717, 1.165) is 19.3 Å². The molecule has 6 nitrogen and oxygen atoms in total. The van der Waals surface area contributed by atoms with E-state index in [0.29, 0.717) is 37.6 Å². The van der Waals surface area contributed by atoms with E-state index in [-0.39, 0.29) is 17.9 Å². The van der Waals surface area contributed by atoms with Crippen LogP contribution in [0, 0.1) is 5.92 Å². The molecule has 0 atom stereocenters. The molecule has 0 saturated carbocycles. The second kappa shape index (κ2) is 11.0. The van der Waals surface area contributed by atoms with E-state index in [1.54, 1.807) is 4.90 Å². The standard InChI is InChI=1S/C26H34N2O4/c1-26(2,3)32-25(30)28-16-13-21(14-17-28)19-24(29)27-22-11-7-8-12-23(22)31-18-15-20-9-5-4-6-10-20/h4-12,21H,13-19H2,1-3H3,(H,27,29). The van der Waals surface area contributed by atoms with Crippen LogP contribution in [-0.4, -0.2) is 42.2 Å². The maximum atomic E-state index is 12.7. The highest BCUT2D eigenvalue weighted by Gasteiger charge is 2.27. The Balaban J connectivity index is 1.45. The molecule has 2 aromatic carbocycles. The van der Waals surface area contributed by atoms with Gasteiger partial charge in [-0.1, -0.05) is 42.5 Å². The molecule has 1 aliphatic heterocycles. The molecule has 32 heavy (non-hydrogen) atoms. The van der Waals surface area contributed by atoms with Crippen molar-refractivity contribution in [3.05, 3.63) is 60.2 Å². The zero-order chi connectivity index (χ0) is 23.0. The summed E-state index contributed by atoms with van der Waals surface area (Å²) >= 11 is 0. The van der Waals surface area contributed by atoms with Gasteiger partial charge in [0.2, 0.25) is 5.91 Å². The smallest absolute Gasteiger partial charge is 0.410 e. The molecule has 1 N–H and O–H groups in total. The first-order valence-electron chi connectivity index (χ1n) is 11.3. The lowest BCUT2D eigenvalue weighted by Crippen LogP contribution is -2.42. The van der Waals surface area contributed by atoms with Crippen LogP contribution in [0.1, 0.15) is 45.6 Å². The number of para-hydroxylation sites is 2. The number of rotatable bonds is 7. The molecule has 172 valence electrons. The van der Waals surface area contributed by atoms with Gasteiger partial charge in [0.05, 0.1) is 12.3 Å². The van der Waals surface area contributed by atoms with Gasteiger partial charge in [0.25, 0.3) is 0 Å². The highest BCUT2D eigenvalue weighted by atomic mass is 16.6. The Morgan fingerprint density at radius 2 is 1.66 bits per heavy atom. The van der Waals surface area contributed by atoms with Crippen LogP contribution in [0.4, 0.5) is 10.5 Å². The molecular formula is C26H34N2O4.